The average Bonchev–Trinajstić information content (AvgIpc) is 2.97. The van der Waals surface area contributed by atoms with E-state index in [-0.39, 0.29) is 18.1 Å². The first kappa shape index (κ1) is 13.5. The van der Waals surface area contributed by atoms with E-state index < -0.39 is 0 Å². The Kier molecular flexibility index (Phi) is 4.72. The summed E-state index contributed by atoms with van der Waals surface area (Å²) < 4.78 is 10.0. The van der Waals surface area contributed by atoms with Crippen LogP contribution in [0.4, 0.5) is 5.00 Å². The topological polar surface area (TPSA) is 51.2 Å². The van der Waals surface area contributed by atoms with E-state index in [9.17, 15) is 4.79 Å². The van der Waals surface area contributed by atoms with Crippen LogP contribution >= 0.6 is 11.5 Å². The molecule has 1 aromatic heterocycles. The molecule has 0 radical (unpaired) electrons. The summed E-state index contributed by atoms with van der Waals surface area (Å²) in [6.45, 7) is 3.90. The predicted octanol–water partition coefficient (Wildman–Crippen LogP) is 3.13. The van der Waals surface area contributed by atoms with E-state index in [1.807, 2.05) is 19.9 Å². The van der Waals surface area contributed by atoms with Gasteiger partial charge < -0.3 is 10.1 Å². The van der Waals surface area contributed by atoms with E-state index in [2.05, 4.69) is 9.69 Å². The lowest BCUT2D eigenvalue weighted by Crippen LogP contribution is -2.32. The summed E-state index contributed by atoms with van der Waals surface area (Å²) in [6.07, 6.45) is 5.25. The molecule has 18 heavy (non-hydrogen) atoms. The smallest absolute Gasteiger partial charge is 0.254 e. The summed E-state index contributed by atoms with van der Waals surface area (Å²) in [7, 11) is 0. The molecule has 5 heteroatoms. The molecule has 1 aliphatic carbocycles. The summed E-state index contributed by atoms with van der Waals surface area (Å²) in [6, 6.07) is 1.88. The van der Waals surface area contributed by atoms with Crippen LogP contribution in [0.5, 0.6) is 0 Å². The summed E-state index contributed by atoms with van der Waals surface area (Å²) in [5, 5.41) is 3.68. The third-order valence-corrected chi connectivity index (χ3v) is 3.99. The average molecular weight is 268 g/mol. The maximum absolute atomic E-state index is 12.1. The van der Waals surface area contributed by atoms with Crippen LogP contribution in [0.15, 0.2) is 6.07 Å². The van der Waals surface area contributed by atoms with Crippen molar-refractivity contribution in [3.05, 3.63) is 11.8 Å². The van der Waals surface area contributed by atoms with E-state index in [1.165, 1.54) is 24.4 Å². The zero-order chi connectivity index (χ0) is 13.0. The minimum Gasteiger partial charge on any atom is -0.365 e. The lowest BCUT2D eigenvalue weighted by molar-refractivity contribution is -0.131. The SMILES string of the molecule is CC[C@H](OC1CCCC1)C(=O)Nc1cc(C)ns1. The van der Waals surface area contributed by atoms with Crippen molar-refractivity contribution in [1.29, 1.82) is 0 Å². The van der Waals surface area contributed by atoms with Gasteiger partial charge in [0.15, 0.2) is 0 Å². The molecule has 1 N–H and O–H groups in total. The highest BCUT2D eigenvalue weighted by molar-refractivity contribution is 7.10. The molecule has 0 aliphatic heterocycles. The molecular formula is C13H20N2O2S. The molecule has 0 unspecified atom stereocenters. The summed E-state index contributed by atoms with van der Waals surface area (Å²) in [4.78, 5) is 12.1. The number of hydrogen-bond acceptors (Lipinski definition) is 4. The normalized spacial score (nSPS) is 17.9. The first-order valence-corrected chi connectivity index (χ1v) is 7.36. The number of rotatable bonds is 5. The Morgan fingerprint density at radius 2 is 2.33 bits per heavy atom. The molecule has 1 heterocycles. The zero-order valence-electron chi connectivity index (χ0n) is 10.9. The maximum atomic E-state index is 12.1. The molecule has 1 fully saturated rings. The summed E-state index contributed by atoms with van der Waals surface area (Å²) in [5.74, 6) is -0.0481. The number of anilines is 1. The Bertz CT molecular complexity index is 399. The van der Waals surface area contributed by atoms with Crippen LogP contribution in [0.25, 0.3) is 0 Å². The largest absolute Gasteiger partial charge is 0.365 e. The van der Waals surface area contributed by atoms with Gasteiger partial charge in [-0.2, -0.15) is 4.37 Å². The standard InChI is InChI=1S/C13H20N2O2S/c1-3-11(17-10-6-4-5-7-10)13(16)14-12-8-9(2)15-18-12/h8,10-11H,3-7H2,1-2H3,(H,14,16)/t11-/m0/s1. The van der Waals surface area contributed by atoms with Crippen molar-refractivity contribution >= 4 is 22.4 Å². The number of nitrogens with one attached hydrogen (secondary N) is 1. The van der Waals surface area contributed by atoms with Crippen molar-refractivity contribution in [2.24, 2.45) is 0 Å². The Morgan fingerprint density at radius 1 is 1.61 bits per heavy atom. The van der Waals surface area contributed by atoms with Crippen molar-refractivity contribution in [3.8, 4) is 0 Å². The van der Waals surface area contributed by atoms with Gasteiger partial charge in [0.1, 0.15) is 11.1 Å². The van der Waals surface area contributed by atoms with Crippen molar-refractivity contribution in [2.75, 3.05) is 5.32 Å². The molecule has 0 bridgehead atoms. The number of amides is 1. The second-order valence-corrected chi connectivity index (χ2v) is 5.57. The van der Waals surface area contributed by atoms with Crippen molar-refractivity contribution in [2.45, 2.75) is 58.2 Å². The Morgan fingerprint density at radius 3 is 2.89 bits per heavy atom. The molecule has 1 aromatic rings. The van der Waals surface area contributed by atoms with E-state index in [1.54, 1.807) is 0 Å². The van der Waals surface area contributed by atoms with E-state index in [0.29, 0.717) is 6.42 Å². The number of nitrogens with zero attached hydrogens (tertiary/aromatic N) is 1. The lowest BCUT2D eigenvalue weighted by Gasteiger charge is -2.19. The van der Waals surface area contributed by atoms with Crippen molar-refractivity contribution in [1.82, 2.24) is 4.37 Å². The van der Waals surface area contributed by atoms with Crippen LogP contribution in [0, 0.1) is 6.92 Å². The van der Waals surface area contributed by atoms with Gasteiger partial charge in [-0.15, -0.1) is 0 Å². The summed E-state index contributed by atoms with van der Waals surface area (Å²) in [5.41, 5.74) is 0.931. The van der Waals surface area contributed by atoms with Gasteiger partial charge in [0.2, 0.25) is 0 Å². The monoisotopic (exact) mass is 268 g/mol. The van der Waals surface area contributed by atoms with Gasteiger partial charge in [-0.1, -0.05) is 19.8 Å². The van der Waals surface area contributed by atoms with Gasteiger partial charge >= 0.3 is 0 Å². The first-order chi connectivity index (χ1) is 8.69. The van der Waals surface area contributed by atoms with Gasteiger partial charge in [0.25, 0.3) is 5.91 Å². The van der Waals surface area contributed by atoms with Gasteiger partial charge in [-0.3, -0.25) is 4.79 Å². The van der Waals surface area contributed by atoms with Gasteiger partial charge in [0.05, 0.1) is 11.8 Å². The van der Waals surface area contributed by atoms with Crippen LogP contribution in [0.3, 0.4) is 0 Å². The quantitative estimate of drug-likeness (QED) is 0.892. The zero-order valence-corrected chi connectivity index (χ0v) is 11.8. The van der Waals surface area contributed by atoms with E-state index in [4.69, 9.17) is 4.74 Å². The first-order valence-electron chi connectivity index (χ1n) is 6.58. The Labute approximate surface area is 112 Å². The molecule has 0 saturated heterocycles. The lowest BCUT2D eigenvalue weighted by atomic mass is 10.2. The third kappa shape index (κ3) is 3.53. The number of carbonyl (C=O) groups is 1. The van der Waals surface area contributed by atoms with Crippen molar-refractivity contribution in [3.63, 3.8) is 0 Å². The van der Waals surface area contributed by atoms with Crippen LogP contribution in [-0.2, 0) is 9.53 Å². The minimum atomic E-state index is -0.337. The third-order valence-electron chi connectivity index (χ3n) is 3.20. The van der Waals surface area contributed by atoms with Crippen LogP contribution < -0.4 is 5.32 Å². The van der Waals surface area contributed by atoms with Crippen LogP contribution in [0.1, 0.15) is 44.7 Å². The number of ether oxygens (including phenoxy) is 1. The molecule has 0 aromatic carbocycles. The fraction of sp³-hybridized carbons (Fsp3) is 0.692. The fourth-order valence-corrected chi connectivity index (χ4v) is 2.89. The molecule has 1 saturated carbocycles. The van der Waals surface area contributed by atoms with E-state index >= 15 is 0 Å². The molecule has 1 atom stereocenters. The van der Waals surface area contributed by atoms with Gasteiger partial charge in [-0.25, -0.2) is 0 Å². The predicted molar refractivity (Wildman–Crippen MR) is 72.9 cm³/mol. The van der Waals surface area contributed by atoms with Crippen LogP contribution in [-0.4, -0.2) is 22.5 Å². The molecule has 2 rings (SSSR count). The number of aryl methyl sites for hydroxylation is 1. The highest BCUT2D eigenvalue weighted by Crippen LogP contribution is 2.24. The van der Waals surface area contributed by atoms with Gasteiger partial charge in [0, 0.05) is 0 Å². The minimum absolute atomic E-state index is 0.0481. The van der Waals surface area contributed by atoms with Crippen LogP contribution in [0.2, 0.25) is 0 Å². The molecule has 0 spiro atoms. The highest BCUT2D eigenvalue weighted by atomic mass is 32.1. The Balaban J connectivity index is 1.88. The summed E-state index contributed by atoms with van der Waals surface area (Å²) >= 11 is 1.31. The van der Waals surface area contributed by atoms with Crippen molar-refractivity contribution < 1.29 is 9.53 Å². The highest BCUT2D eigenvalue weighted by Gasteiger charge is 2.24. The number of aromatic nitrogens is 1. The Hall–Kier alpha value is -0.940. The number of hydrogen-bond donors (Lipinski definition) is 1. The molecule has 100 valence electrons. The molecule has 1 amide bonds. The van der Waals surface area contributed by atoms with Gasteiger partial charge in [-0.05, 0) is 43.8 Å². The maximum Gasteiger partial charge on any atom is 0.254 e. The molecule has 1 aliphatic rings. The second-order valence-electron chi connectivity index (χ2n) is 4.76. The molecular weight excluding hydrogens is 248 g/mol. The fourth-order valence-electron chi connectivity index (χ4n) is 2.22. The number of carbonyl (C=O) groups excluding carboxylic acids is 1. The second kappa shape index (κ2) is 6.29. The van der Waals surface area contributed by atoms with E-state index in [0.717, 1.165) is 23.5 Å². The molecule has 4 nitrogen and oxygen atoms in total.